The maximum Gasteiger partial charge on any atom is 0.494 e. The number of carbonyl (C=O) groups is 2. The average molecular weight is 915 g/mol. The summed E-state index contributed by atoms with van der Waals surface area (Å²) in [6.45, 7) is 24.3. The van der Waals surface area contributed by atoms with Crippen LogP contribution in [0.1, 0.15) is 94.2 Å². The van der Waals surface area contributed by atoms with Crippen LogP contribution in [0.3, 0.4) is 0 Å². The lowest BCUT2D eigenvalue weighted by atomic mass is 9.49. The van der Waals surface area contributed by atoms with Gasteiger partial charge in [-0.05, 0) is 112 Å². The number of carbonyl (C=O) groups excluding carboxylic acids is 2. The van der Waals surface area contributed by atoms with Crippen molar-refractivity contribution in [2.45, 2.75) is 130 Å². The van der Waals surface area contributed by atoms with Gasteiger partial charge in [-0.25, -0.2) is 26.3 Å². The predicted octanol–water partition coefficient (Wildman–Crippen LogP) is 2.49. The minimum absolute atomic E-state index is 0.0585. The fraction of sp³-hybridized carbons (Fsp3) is 0.611. The Hall–Kier alpha value is -2.37. The number of primary amides is 2. The Labute approximate surface area is 353 Å². The zero-order chi connectivity index (χ0) is 44.3. The van der Waals surface area contributed by atoms with Gasteiger partial charge in [-0.15, -0.1) is 0 Å². The Morgan fingerprint density at radius 2 is 0.897 bits per heavy atom. The summed E-state index contributed by atoms with van der Waals surface area (Å²) in [6, 6.07) is 14.5. The fourth-order valence-electron chi connectivity index (χ4n) is 5.34. The van der Waals surface area contributed by atoms with Crippen molar-refractivity contribution in [3.63, 3.8) is 0 Å². The van der Waals surface area contributed by atoms with Crippen molar-refractivity contribution in [2.24, 2.45) is 11.5 Å². The Morgan fingerprint density at radius 3 is 1.24 bits per heavy atom. The number of halogens is 1. The zero-order valence-corrected chi connectivity index (χ0v) is 38.6. The molecule has 3 heterocycles. The van der Waals surface area contributed by atoms with E-state index in [2.05, 4.69) is 25.4 Å². The van der Waals surface area contributed by atoms with Crippen LogP contribution in [-0.2, 0) is 70.7 Å². The molecule has 2 aromatic carbocycles. The first-order valence-electron chi connectivity index (χ1n) is 18.6. The fourth-order valence-corrected chi connectivity index (χ4v) is 7.51. The Morgan fingerprint density at radius 1 is 0.569 bits per heavy atom. The van der Waals surface area contributed by atoms with Gasteiger partial charge in [0.2, 0.25) is 31.9 Å². The van der Waals surface area contributed by atoms with E-state index in [0.717, 1.165) is 21.1 Å². The highest BCUT2D eigenvalue weighted by Gasteiger charge is 2.63. The van der Waals surface area contributed by atoms with Gasteiger partial charge in [0.05, 0.1) is 33.6 Å². The first-order chi connectivity index (χ1) is 26.2. The second-order valence-corrected chi connectivity index (χ2v) is 21.8. The van der Waals surface area contributed by atoms with Crippen LogP contribution in [0.15, 0.2) is 53.0 Å². The van der Waals surface area contributed by atoms with Gasteiger partial charge in [0.25, 0.3) is 0 Å². The summed E-state index contributed by atoms with van der Waals surface area (Å²) >= 11 is 3.27. The minimum atomic E-state index is -3.74. The van der Waals surface area contributed by atoms with Crippen LogP contribution in [0.2, 0.25) is 0 Å². The van der Waals surface area contributed by atoms with Crippen molar-refractivity contribution in [2.75, 3.05) is 11.5 Å². The number of hydrogen-bond donors (Lipinski definition) is 4. The zero-order valence-electron chi connectivity index (χ0n) is 35.4. The number of amides is 2. The summed E-state index contributed by atoms with van der Waals surface area (Å²) in [5.41, 5.74) is 9.72. The van der Waals surface area contributed by atoms with Gasteiger partial charge in [0.15, 0.2) is 0 Å². The molecule has 6 N–H and O–H groups in total. The van der Waals surface area contributed by atoms with Crippen molar-refractivity contribution < 1.29 is 54.4 Å². The summed E-state index contributed by atoms with van der Waals surface area (Å²) in [7, 11) is -8.84. The molecule has 0 saturated carbocycles. The summed E-state index contributed by atoms with van der Waals surface area (Å²) < 4.78 is 87.2. The van der Waals surface area contributed by atoms with Crippen molar-refractivity contribution in [3.05, 3.63) is 64.1 Å². The molecule has 322 valence electrons. The number of nitrogens with two attached hydrogens (primary N) is 2. The molecule has 58 heavy (non-hydrogen) atoms. The molecule has 2 aromatic rings. The molecular weight excluding hydrogens is 857 g/mol. The lowest BCUT2D eigenvalue weighted by Gasteiger charge is -2.32. The normalized spacial score (nSPS) is 21.1. The van der Waals surface area contributed by atoms with Crippen molar-refractivity contribution in [1.82, 2.24) is 9.44 Å². The van der Waals surface area contributed by atoms with Crippen LogP contribution in [0.25, 0.3) is 0 Å². The number of hydrogen-bond acceptors (Lipinski definition) is 12. The summed E-state index contributed by atoms with van der Waals surface area (Å²) in [5.74, 6) is -3.19. The van der Waals surface area contributed by atoms with E-state index in [-0.39, 0.29) is 35.5 Å². The van der Waals surface area contributed by atoms with Crippen LogP contribution in [0.4, 0.5) is 0 Å². The van der Waals surface area contributed by atoms with E-state index in [1.807, 2.05) is 101 Å². The molecule has 0 radical (unpaired) electrons. The molecule has 3 aliphatic heterocycles. The molecule has 3 fully saturated rings. The highest BCUT2D eigenvalue weighted by molar-refractivity contribution is 9.10. The molecule has 0 aromatic heterocycles. The maximum absolute atomic E-state index is 11.7. The van der Waals surface area contributed by atoms with Crippen molar-refractivity contribution >= 4 is 74.4 Å². The van der Waals surface area contributed by atoms with Gasteiger partial charge in [-0.2, -0.15) is 0 Å². The number of rotatable bonds is 12. The van der Waals surface area contributed by atoms with Gasteiger partial charge in [0, 0.05) is 17.6 Å². The van der Waals surface area contributed by atoms with Crippen LogP contribution in [0.5, 0.6) is 0 Å². The van der Waals surface area contributed by atoms with Crippen LogP contribution in [-0.4, -0.2) is 94.9 Å². The molecule has 0 aliphatic carbocycles. The van der Waals surface area contributed by atoms with E-state index in [1.54, 1.807) is 30.3 Å². The molecule has 0 atom stereocenters. The van der Waals surface area contributed by atoms with E-state index < -0.39 is 75.7 Å². The molecule has 3 aliphatic rings. The molecule has 0 bridgehead atoms. The largest absolute Gasteiger partial charge is 0.494 e. The smallest absolute Gasteiger partial charge is 0.405 e. The highest BCUT2D eigenvalue weighted by atomic mass is 79.9. The number of benzene rings is 2. The Kier molecular flexibility index (Phi) is 15.8. The standard InChI is InChI=1S/C15H23BN2O5S.C12H24B2O4.C9H11BrN2O3S/c1-14(2)15(3,4)23-16(22-14)12-7-5-6-11(8-12)9-18-24(20,21)10-13(17)19;1-9(2)10(3,4)16-13(15-9)14-17-11(5,6)12(7,8)18-14;10-8-3-1-2-7(4-8)5-12-16(14,15)6-9(11)13/h5-8,18H,9-10H2,1-4H3,(H2,17,19);1-8H3;1-4,12H,5-6H2,(H2,11,13). The molecule has 16 nitrogen and oxygen atoms in total. The summed E-state index contributed by atoms with van der Waals surface area (Å²) in [6.07, 6.45) is 0. The van der Waals surface area contributed by atoms with Crippen LogP contribution >= 0.6 is 15.9 Å². The number of sulfonamides is 2. The molecule has 2 amide bonds. The van der Waals surface area contributed by atoms with Crippen LogP contribution < -0.4 is 26.4 Å². The van der Waals surface area contributed by atoms with E-state index >= 15 is 0 Å². The van der Waals surface area contributed by atoms with E-state index in [9.17, 15) is 26.4 Å². The Bertz CT molecular complexity index is 1940. The monoisotopic (exact) mass is 914 g/mol. The molecular formula is C36H58B3BrN4O12S2. The van der Waals surface area contributed by atoms with Gasteiger partial charge in [0.1, 0.15) is 11.5 Å². The van der Waals surface area contributed by atoms with E-state index in [4.69, 9.17) is 39.4 Å². The Balaban J connectivity index is 0.000000239. The van der Waals surface area contributed by atoms with E-state index in [1.165, 1.54) is 0 Å². The SMILES string of the molecule is CC1(C)OB(B2OC(C)(C)C(C)(C)O2)OC1(C)C.CC1(C)OB(c2cccc(CNS(=O)(=O)CC(N)=O)c2)OC1(C)C.NC(=O)CS(=O)(=O)NCc1cccc(Br)c1. The second kappa shape index (κ2) is 18.3. The molecule has 5 rings (SSSR count). The third kappa shape index (κ3) is 13.6. The van der Waals surface area contributed by atoms with Gasteiger partial charge >= 0.3 is 21.1 Å². The highest BCUT2D eigenvalue weighted by Crippen LogP contribution is 2.43. The molecule has 0 unspecified atom stereocenters. The maximum atomic E-state index is 11.7. The van der Waals surface area contributed by atoms with Gasteiger partial charge in [-0.1, -0.05) is 52.3 Å². The quantitative estimate of drug-likeness (QED) is 0.225. The third-order valence-corrected chi connectivity index (χ3v) is 13.8. The van der Waals surface area contributed by atoms with Crippen molar-refractivity contribution in [3.8, 4) is 0 Å². The van der Waals surface area contributed by atoms with Gasteiger partial charge in [-0.3, -0.25) is 9.59 Å². The lowest BCUT2D eigenvalue weighted by molar-refractivity contribution is -0.116. The first-order valence-corrected chi connectivity index (χ1v) is 22.7. The topological polar surface area (TPSA) is 234 Å². The second-order valence-electron chi connectivity index (χ2n) is 17.3. The molecule has 3 saturated heterocycles. The van der Waals surface area contributed by atoms with Crippen LogP contribution in [0, 0.1) is 0 Å². The molecule has 0 spiro atoms. The minimum Gasteiger partial charge on any atom is -0.405 e. The first kappa shape index (κ1) is 50.0. The number of nitrogens with one attached hydrogen (secondary N) is 2. The van der Waals surface area contributed by atoms with Gasteiger partial charge < -0.3 is 39.4 Å². The van der Waals surface area contributed by atoms with E-state index in [0.29, 0.717) is 0 Å². The predicted molar refractivity (Wildman–Crippen MR) is 228 cm³/mol. The summed E-state index contributed by atoms with van der Waals surface area (Å²) in [5, 5.41) is 0. The van der Waals surface area contributed by atoms with Crippen molar-refractivity contribution in [1.29, 1.82) is 0 Å². The lowest BCUT2D eigenvalue weighted by Crippen LogP contribution is -2.41. The molecule has 22 heteroatoms. The third-order valence-electron chi connectivity index (χ3n) is 10.8. The average Bonchev–Trinajstić information content (AvgIpc) is 3.52. The summed E-state index contributed by atoms with van der Waals surface area (Å²) in [4.78, 5) is 21.2.